The third kappa shape index (κ3) is 2.30. The fraction of sp³-hybridized carbons (Fsp3) is 0.375. The Labute approximate surface area is 97.3 Å². The highest BCUT2D eigenvalue weighted by Gasteiger charge is 2.25. The molecule has 0 unspecified atom stereocenters. The third-order valence-corrected chi connectivity index (χ3v) is 4.51. The molecule has 0 aliphatic rings. The lowest BCUT2D eigenvalue weighted by atomic mass is 10.4. The minimum atomic E-state index is -3.66. The molecular formula is C8H9ClN2O4S. The number of hydrogen-bond acceptors (Lipinski definition) is 5. The van der Waals surface area contributed by atoms with E-state index in [0.29, 0.717) is 0 Å². The summed E-state index contributed by atoms with van der Waals surface area (Å²) >= 11 is 5.62. The van der Waals surface area contributed by atoms with E-state index < -0.39 is 25.7 Å². The second kappa shape index (κ2) is 4.34. The van der Waals surface area contributed by atoms with Gasteiger partial charge in [0.2, 0.25) is 0 Å². The highest BCUT2D eigenvalue weighted by molar-refractivity contribution is 7.92. The van der Waals surface area contributed by atoms with Gasteiger partial charge in [0, 0.05) is 6.07 Å². The Kier molecular flexibility index (Phi) is 3.49. The topological polar surface area (TPSA) is 90.2 Å². The minimum Gasteiger partial charge on any atom is -0.258 e. The molecule has 0 aliphatic carbocycles. The fourth-order valence-electron chi connectivity index (χ4n) is 0.971. The molecule has 1 heterocycles. The van der Waals surface area contributed by atoms with Gasteiger partial charge in [-0.3, -0.25) is 10.1 Å². The van der Waals surface area contributed by atoms with Gasteiger partial charge in [0.1, 0.15) is 16.2 Å². The quantitative estimate of drug-likeness (QED) is 0.472. The summed E-state index contributed by atoms with van der Waals surface area (Å²) in [6, 6.07) is 0.921. The molecule has 0 bridgehead atoms. The zero-order chi connectivity index (χ0) is 12.5. The van der Waals surface area contributed by atoms with Crippen LogP contribution in [0, 0.1) is 10.1 Å². The zero-order valence-corrected chi connectivity index (χ0v) is 10.1. The van der Waals surface area contributed by atoms with Gasteiger partial charge in [-0.2, -0.15) is 0 Å². The number of rotatable bonds is 3. The SMILES string of the molecule is CC(C)S(=O)(=O)c1cc([N+](=O)[O-])cnc1Cl. The number of pyridine rings is 1. The van der Waals surface area contributed by atoms with Crippen molar-refractivity contribution in [1.82, 2.24) is 4.98 Å². The van der Waals surface area contributed by atoms with Crippen LogP contribution >= 0.6 is 11.6 Å². The fourth-order valence-corrected chi connectivity index (χ4v) is 2.48. The molecule has 1 aromatic heterocycles. The average Bonchev–Trinajstić information content (AvgIpc) is 2.17. The zero-order valence-electron chi connectivity index (χ0n) is 8.55. The van der Waals surface area contributed by atoms with Crippen LogP contribution in [0.3, 0.4) is 0 Å². The lowest BCUT2D eigenvalue weighted by Gasteiger charge is -2.08. The summed E-state index contributed by atoms with van der Waals surface area (Å²) in [4.78, 5) is 13.0. The van der Waals surface area contributed by atoms with Crippen LogP contribution in [-0.2, 0) is 9.84 Å². The first-order valence-corrected chi connectivity index (χ1v) is 6.23. The van der Waals surface area contributed by atoms with E-state index in [9.17, 15) is 18.5 Å². The van der Waals surface area contributed by atoms with Crippen LogP contribution in [0.2, 0.25) is 5.15 Å². The molecule has 1 rings (SSSR count). The Morgan fingerprint density at radius 1 is 1.50 bits per heavy atom. The molecule has 0 atom stereocenters. The van der Waals surface area contributed by atoms with Crippen LogP contribution in [-0.4, -0.2) is 23.6 Å². The van der Waals surface area contributed by atoms with Crippen molar-refractivity contribution >= 4 is 27.1 Å². The van der Waals surface area contributed by atoms with E-state index in [0.717, 1.165) is 12.3 Å². The van der Waals surface area contributed by atoms with Crippen molar-refractivity contribution in [2.24, 2.45) is 0 Å². The van der Waals surface area contributed by atoms with Gasteiger partial charge in [-0.1, -0.05) is 11.6 Å². The number of aromatic nitrogens is 1. The Hall–Kier alpha value is -1.21. The van der Waals surface area contributed by atoms with Gasteiger partial charge < -0.3 is 0 Å². The average molecular weight is 265 g/mol. The molecule has 88 valence electrons. The largest absolute Gasteiger partial charge is 0.288 e. The van der Waals surface area contributed by atoms with Gasteiger partial charge in [0.25, 0.3) is 5.69 Å². The first-order valence-electron chi connectivity index (χ1n) is 4.30. The first kappa shape index (κ1) is 12.9. The number of sulfone groups is 1. The number of hydrogen-bond donors (Lipinski definition) is 0. The molecule has 0 N–H and O–H groups in total. The summed E-state index contributed by atoms with van der Waals surface area (Å²) in [6.07, 6.45) is 0.918. The molecule has 8 heteroatoms. The summed E-state index contributed by atoms with van der Waals surface area (Å²) in [6.45, 7) is 2.93. The van der Waals surface area contributed by atoms with Crippen molar-refractivity contribution in [2.45, 2.75) is 24.0 Å². The maximum Gasteiger partial charge on any atom is 0.288 e. The Bertz CT molecular complexity index is 527. The van der Waals surface area contributed by atoms with Crippen molar-refractivity contribution in [1.29, 1.82) is 0 Å². The van der Waals surface area contributed by atoms with Gasteiger partial charge in [0.15, 0.2) is 9.84 Å². The van der Waals surface area contributed by atoms with E-state index in [-0.39, 0.29) is 10.0 Å². The molecular weight excluding hydrogens is 256 g/mol. The normalized spacial score (nSPS) is 11.8. The van der Waals surface area contributed by atoms with Crippen molar-refractivity contribution in [3.63, 3.8) is 0 Å². The Morgan fingerprint density at radius 2 is 2.06 bits per heavy atom. The van der Waals surface area contributed by atoms with Crippen LogP contribution in [0.1, 0.15) is 13.8 Å². The maximum atomic E-state index is 11.8. The van der Waals surface area contributed by atoms with Crippen LogP contribution in [0.25, 0.3) is 0 Å². The molecule has 6 nitrogen and oxygen atoms in total. The molecule has 0 spiro atoms. The van der Waals surface area contributed by atoms with Gasteiger partial charge in [0.05, 0.1) is 10.2 Å². The predicted octanol–water partition coefficient (Wildman–Crippen LogP) is 1.83. The van der Waals surface area contributed by atoms with E-state index in [1.807, 2.05) is 0 Å². The number of nitrogens with zero attached hydrogens (tertiary/aromatic N) is 2. The highest BCUT2D eigenvalue weighted by Crippen LogP contribution is 2.26. The van der Waals surface area contributed by atoms with Gasteiger partial charge in [-0.05, 0) is 13.8 Å². The summed E-state index contributed by atoms with van der Waals surface area (Å²) in [7, 11) is -3.66. The lowest BCUT2D eigenvalue weighted by molar-refractivity contribution is -0.385. The lowest BCUT2D eigenvalue weighted by Crippen LogP contribution is -2.15. The van der Waals surface area contributed by atoms with Gasteiger partial charge >= 0.3 is 0 Å². The maximum absolute atomic E-state index is 11.8. The molecule has 0 radical (unpaired) electrons. The first-order chi connectivity index (χ1) is 7.26. The predicted molar refractivity (Wildman–Crippen MR) is 58.2 cm³/mol. The summed E-state index contributed by atoms with van der Waals surface area (Å²) < 4.78 is 23.6. The van der Waals surface area contributed by atoms with Gasteiger partial charge in [-0.15, -0.1) is 0 Å². The molecule has 0 aromatic carbocycles. The van der Waals surface area contributed by atoms with Gasteiger partial charge in [-0.25, -0.2) is 13.4 Å². The van der Waals surface area contributed by atoms with E-state index in [2.05, 4.69) is 4.98 Å². The molecule has 16 heavy (non-hydrogen) atoms. The summed E-state index contributed by atoms with van der Waals surface area (Å²) in [5.74, 6) is 0. The van der Waals surface area contributed by atoms with Crippen molar-refractivity contribution < 1.29 is 13.3 Å². The van der Waals surface area contributed by atoms with Crippen LogP contribution in [0.4, 0.5) is 5.69 Å². The molecule has 0 fully saturated rings. The van der Waals surface area contributed by atoms with Crippen LogP contribution < -0.4 is 0 Å². The molecule has 0 aliphatic heterocycles. The van der Waals surface area contributed by atoms with E-state index >= 15 is 0 Å². The molecule has 1 aromatic rings. The van der Waals surface area contributed by atoms with E-state index in [1.54, 1.807) is 0 Å². The summed E-state index contributed by atoms with van der Waals surface area (Å²) in [5, 5.41) is 9.52. The minimum absolute atomic E-state index is 0.251. The van der Waals surface area contributed by atoms with Crippen molar-refractivity contribution in [2.75, 3.05) is 0 Å². The molecule has 0 saturated heterocycles. The molecule has 0 amide bonds. The Morgan fingerprint density at radius 3 is 2.50 bits per heavy atom. The standard InChI is InChI=1S/C8H9ClN2O4S/c1-5(2)16(14,15)7-3-6(11(12)13)4-10-8(7)9/h3-5H,1-2H3. The second-order valence-electron chi connectivity index (χ2n) is 3.33. The monoisotopic (exact) mass is 264 g/mol. The van der Waals surface area contributed by atoms with Crippen LogP contribution in [0.5, 0.6) is 0 Å². The Balaban J connectivity index is 3.45. The van der Waals surface area contributed by atoms with Crippen molar-refractivity contribution in [3.05, 3.63) is 27.5 Å². The summed E-state index contributed by atoms with van der Waals surface area (Å²) in [5.41, 5.74) is -0.399. The smallest absolute Gasteiger partial charge is 0.258 e. The van der Waals surface area contributed by atoms with E-state index in [1.165, 1.54) is 13.8 Å². The third-order valence-electron chi connectivity index (χ3n) is 1.93. The van der Waals surface area contributed by atoms with Crippen LogP contribution in [0.15, 0.2) is 17.2 Å². The molecule has 0 saturated carbocycles. The van der Waals surface area contributed by atoms with Crippen molar-refractivity contribution in [3.8, 4) is 0 Å². The van der Waals surface area contributed by atoms with E-state index in [4.69, 9.17) is 11.6 Å². The highest BCUT2D eigenvalue weighted by atomic mass is 35.5. The second-order valence-corrected chi connectivity index (χ2v) is 6.16. The number of halogens is 1. The number of nitro groups is 1.